The van der Waals surface area contributed by atoms with Gasteiger partial charge in [0.1, 0.15) is 0 Å². The van der Waals surface area contributed by atoms with Crippen molar-refractivity contribution >= 4 is 21.6 Å². The van der Waals surface area contributed by atoms with Gasteiger partial charge in [-0.25, -0.2) is 0 Å². The van der Waals surface area contributed by atoms with Gasteiger partial charge in [0.25, 0.3) is 5.56 Å². The van der Waals surface area contributed by atoms with E-state index in [1.807, 2.05) is 28.2 Å². The molecule has 1 aliphatic rings. The van der Waals surface area contributed by atoms with Crippen molar-refractivity contribution in [1.29, 1.82) is 0 Å². The minimum Gasteiger partial charge on any atom is -0.299 e. The van der Waals surface area contributed by atoms with Crippen LogP contribution in [0.5, 0.6) is 0 Å². The van der Waals surface area contributed by atoms with E-state index >= 15 is 0 Å². The fourth-order valence-corrected chi connectivity index (χ4v) is 4.75. The summed E-state index contributed by atoms with van der Waals surface area (Å²) in [5, 5.41) is 0.866. The maximum absolute atomic E-state index is 12.4. The van der Waals surface area contributed by atoms with Gasteiger partial charge in [0, 0.05) is 13.1 Å². The van der Waals surface area contributed by atoms with E-state index in [1.165, 1.54) is 31.5 Å². The predicted octanol–water partition coefficient (Wildman–Crippen LogP) is 4.37. The largest absolute Gasteiger partial charge is 0.299 e. The molecule has 0 radical (unpaired) electrons. The van der Waals surface area contributed by atoms with Crippen LogP contribution in [-0.4, -0.2) is 21.9 Å². The second-order valence-electron chi connectivity index (χ2n) is 6.99. The van der Waals surface area contributed by atoms with Crippen molar-refractivity contribution in [3.63, 3.8) is 0 Å². The molecule has 2 aromatic carbocycles. The molecule has 0 unspecified atom stereocenters. The average Bonchev–Trinajstić information content (AvgIpc) is 2.98. The molecule has 0 saturated carbocycles. The molecule has 1 saturated heterocycles. The molecule has 0 spiro atoms. The molecule has 1 aliphatic heterocycles. The Labute approximate surface area is 152 Å². The number of rotatable bonds is 5. The Morgan fingerprint density at radius 2 is 1.68 bits per heavy atom. The van der Waals surface area contributed by atoms with Crippen LogP contribution in [0.4, 0.5) is 0 Å². The summed E-state index contributed by atoms with van der Waals surface area (Å²) in [7, 11) is 0. The monoisotopic (exact) mass is 352 g/mol. The number of benzene rings is 2. The van der Waals surface area contributed by atoms with Gasteiger partial charge < -0.3 is 0 Å². The minimum atomic E-state index is 0.183. The van der Waals surface area contributed by atoms with E-state index in [9.17, 15) is 4.79 Å². The lowest BCUT2D eigenvalue weighted by atomic mass is 9.93. The number of hydrogen-bond acceptors (Lipinski definition) is 3. The van der Waals surface area contributed by atoms with Crippen LogP contribution in [-0.2, 0) is 13.1 Å². The van der Waals surface area contributed by atoms with Gasteiger partial charge in [0.2, 0.25) is 0 Å². The molecule has 1 fully saturated rings. The minimum absolute atomic E-state index is 0.183. The zero-order valence-electron chi connectivity index (χ0n) is 14.4. The highest BCUT2D eigenvalue weighted by molar-refractivity contribution is 7.13. The average molecular weight is 353 g/mol. The van der Waals surface area contributed by atoms with E-state index in [4.69, 9.17) is 0 Å². The zero-order chi connectivity index (χ0) is 17.1. The van der Waals surface area contributed by atoms with Crippen LogP contribution in [0.2, 0.25) is 0 Å². The molecule has 0 amide bonds. The number of hydrogen-bond donors (Lipinski definition) is 0. The lowest BCUT2D eigenvalue weighted by Crippen LogP contribution is -2.33. The van der Waals surface area contributed by atoms with Crippen molar-refractivity contribution in [2.24, 2.45) is 5.92 Å². The van der Waals surface area contributed by atoms with Crippen molar-refractivity contribution < 1.29 is 0 Å². The van der Waals surface area contributed by atoms with Crippen LogP contribution < -0.4 is 5.56 Å². The first kappa shape index (κ1) is 16.6. The normalized spacial score (nSPS) is 16.5. The molecule has 4 rings (SSSR count). The van der Waals surface area contributed by atoms with E-state index in [2.05, 4.69) is 35.2 Å². The number of fused-ring (bicyclic) bond motifs is 1. The van der Waals surface area contributed by atoms with Gasteiger partial charge in [0.05, 0.1) is 10.1 Å². The lowest BCUT2D eigenvalue weighted by molar-refractivity contribution is 0.170. The quantitative estimate of drug-likeness (QED) is 0.681. The second kappa shape index (κ2) is 7.54. The van der Waals surface area contributed by atoms with E-state index < -0.39 is 0 Å². The molecule has 3 aromatic rings. The Balaban J connectivity index is 1.30. The van der Waals surface area contributed by atoms with Gasteiger partial charge in [-0.05, 0) is 56.0 Å². The van der Waals surface area contributed by atoms with Crippen LogP contribution in [0.25, 0.3) is 10.1 Å². The number of nitrogens with zero attached hydrogens (tertiary/aromatic N) is 2. The van der Waals surface area contributed by atoms with Crippen LogP contribution in [0.15, 0.2) is 59.4 Å². The molecule has 1 aromatic heterocycles. The smallest absolute Gasteiger partial charge is 0.268 e. The summed E-state index contributed by atoms with van der Waals surface area (Å²) >= 11 is 1.61. The van der Waals surface area contributed by atoms with E-state index in [0.29, 0.717) is 0 Å². The van der Waals surface area contributed by atoms with Gasteiger partial charge in [-0.2, -0.15) is 0 Å². The Bertz CT molecular complexity index is 876. The molecular formula is C21H24N2OS. The second-order valence-corrected chi connectivity index (χ2v) is 8.05. The fourth-order valence-electron chi connectivity index (χ4n) is 3.74. The van der Waals surface area contributed by atoms with Gasteiger partial charge in [-0.3, -0.25) is 13.7 Å². The highest BCUT2D eigenvalue weighted by Gasteiger charge is 2.19. The standard InChI is InChI=1S/C21H24N2OS/c24-21-19-8-4-5-9-20(19)25-23(21)15-12-17-10-13-22(14-11-17)16-18-6-2-1-3-7-18/h1-9,17H,10-16H2. The Hall–Kier alpha value is -1.91. The highest BCUT2D eigenvalue weighted by atomic mass is 32.1. The molecule has 4 heteroatoms. The lowest BCUT2D eigenvalue weighted by Gasteiger charge is -2.32. The van der Waals surface area contributed by atoms with Gasteiger partial charge >= 0.3 is 0 Å². The van der Waals surface area contributed by atoms with Gasteiger partial charge in [-0.15, -0.1) is 0 Å². The first-order valence-corrected chi connectivity index (χ1v) is 9.92. The molecule has 0 aliphatic carbocycles. The Kier molecular flexibility index (Phi) is 4.99. The van der Waals surface area contributed by atoms with Crippen molar-refractivity contribution in [1.82, 2.24) is 8.86 Å². The van der Waals surface area contributed by atoms with Crippen LogP contribution in [0.3, 0.4) is 0 Å². The summed E-state index contributed by atoms with van der Waals surface area (Å²) in [6, 6.07) is 18.7. The first-order chi connectivity index (χ1) is 12.3. The van der Waals surface area contributed by atoms with E-state index in [0.717, 1.165) is 35.5 Å². The molecule has 2 heterocycles. The molecule has 0 bridgehead atoms. The third-order valence-corrected chi connectivity index (χ3v) is 6.37. The maximum Gasteiger partial charge on any atom is 0.268 e. The SMILES string of the molecule is O=c1c2ccccc2sn1CCC1CCN(Cc2ccccc2)CC1. The number of aromatic nitrogens is 1. The van der Waals surface area contributed by atoms with E-state index in [-0.39, 0.29) is 5.56 Å². The third kappa shape index (κ3) is 3.86. The molecular weight excluding hydrogens is 328 g/mol. The zero-order valence-corrected chi connectivity index (χ0v) is 15.3. The third-order valence-electron chi connectivity index (χ3n) is 5.25. The number of likely N-dealkylation sites (tertiary alicyclic amines) is 1. The van der Waals surface area contributed by atoms with Crippen molar-refractivity contribution in [3.8, 4) is 0 Å². The molecule has 25 heavy (non-hydrogen) atoms. The highest BCUT2D eigenvalue weighted by Crippen LogP contribution is 2.23. The van der Waals surface area contributed by atoms with Crippen molar-refractivity contribution in [3.05, 3.63) is 70.5 Å². The summed E-state index contributed by atoms with van der Waals surface area (Å²) < 4.78 is 3.05. The van der Waals surface area contributed by atoms with E-state index in [1.54, 1.807) is 11.5 Å². The molecule has 3 nitrogen and oxygen atoms in total. The Morgan fingerprint density at radius 1 is 0.960 bits per heavy atom. The topological polar surface area (TPSA) is 25.2 Å². The summed E-state index contributed by atoms with van der Waals surface area (Å²) in [6.45, 7) is 4.26. The summed E-state index contributed by atoms with van der Waals surface area (Å²) in [4.78, 5) is 15.0. The first-order valence-electron chi connectivity index (χ1n) is 9.15. The van der Waals surface area contributed by atoms with Gasteiger partial charge in [-0.1, -0.05) is 54.0 Å². The summed E-state index contributed by atoms with van der Waals surface area (Å²) in [6.07, 6.45) is 3.60. The molecule has 0 atom stereocenters. The van der Waals surface area contributed by atoms with Crippen LogP contribution >= 0.6 is 11.5 Å². The number of aryl methyl sites for hydroxylation is 1. The van der Waals surface area contributed by atoms with Gasteiger partial charge in [0.15, 0.2) is 0 Å². The molecule has 0 N–H and O–H groups in total. The fraction of sp³-hybridized carbons (Fsp3) is 0.381. The summed E-state index contributed by atoms with van der Waals surface area (Å²) in [5.74, 6) is 0.740. The van der Waals surface area contributed by atoms with Crippen LogP contribution in [0, 0.1) is 5.92 Å². The van der Waals surface area contributed by atoms with Crippen molar-refractivity contribution in [2.45, 2.75) is 32.4 Å². The maximum atomic E-state index is 12.4. The van der Waals surface area contributed by atoms with Crippen LogP contribution in [0.1, 0.15) is 24.8 Å². The summed E-state index contributed by atoms with van der Waals surface area (Å²) in [5.41, 5.74) is 1.58. The Morgan fingerprint density at radius 3 is 2.44 bits per heavy atom. The predicted molar refractivity (Wildman–Crippen MR) is 105 cm³/mol. The molecule has 130 valence electrons. The van der Waals surface area contributed by atoms with Crippen molar-refractivity contribution in [2.75, 3.05) is 13.1 Å². The number of piperidine rings is 1.